The van der Waals surface area contributed by atoms with Crippen molar-refractivity contribution in [2.24, 2.45) is 11.8 Å². The van der Waals surface area contributed by atoms with E-state index >= 15 is 0 Å². The second-order valence-corrected chi connectivity index (χ2v) is 4.46. The van der Waals surface area contributed by atoms with E-state index < -0.39 is 0 Å². The van der Waals surface area contributed by atoms with Crippen LogP contribution in [-0.4, -0.2) is 24.0 Å². The number of hydrogen-bond donors (Lipinski definition) is 0. The molecule has 13 heavy (non-hydrogen) atoms. The summed E-state index contributed by atoms with van der Waals surface area (Å²) in [6, 6.07) is 3.06. The maximum absolute atomic E-state index is 8.95. The van der Waals surface area contributed by atoms with Gasteiger partial charge in [-0.3, -0.25) is 4.90 Å². The van der Waals surface area contributed by atoms with Gasteiger partial charge in [0.15, 0.2) is 0 Å². The van der Waals surface area contributed by atoms with Crippen molar-refractivity contribution in [2.75, 3.05) is 13.1 Å². The van der Waals surface area contributed by atoms with Crippen molar-refractivity contribution in [3.8, 4) is 6.07 Å². The summed E-state index contributed by atoms with van der Waals surface area (Å²) in [4.78, 5) is 2.52. The number of nitrogens with zero attached hydrogens (tertiary/aromatic N) is 2. The zero-order valence-corrected chi connectivity index (χ0v) is 8.37. The minimum absolute atomic E-state index is 0.331. The third-order valence-corrected chi connectivity index (χ3v) is 3.68. The number of hydrogen-bond acceptors (Lipinski definition) is 2. The third-order valence-electron chi connectivity index (χ3n) is 3.68. The van der Waals surface area contributed by atoms with Crippen molar-refractivity contribution in [3.05, 3.63) is 0 Å². The zero-order chi connectivity index (χ0) is 9.26. The van der Waals surface area contributed by atoms with E-state index in [1.165, 1.54) is 32.4 Å². The Morgan fingerprint density at radius 3 is 2.77 bits per heavy atom. The second kappa shape index (κ2) is 3.67. The van der Waals surface area contributed by atoms with Crippen LogP contribution in [0.3, 0.4) is 0 Å². The van der Waals surface area contributed by atoms with Crippen molar-refractivity contribution in [1.82, 2.24) is 4.90 Å². The first-order valence-corrected chi connectivity index (χ1v) is 5.48. The molecule has 1 heterocycles. The Kier molecular flexibility index (Phi) is 2.55. The van der Waals surface area contributed by atoms with Crippen molar-refractivity contribution in [3.63, 3.8) is 0 Å². The SMILES string of the molecule is CCC1CN(C2CCCC2C#N)C1. The van der Waals surface area contributed by atoms with E-state index in [4.69, 9.17) is 5.26 Å². The lowest BCUT2D eigenvalue weighted by Gasteiger charge is -2.44. The van der Waals surface area contributed by atoms with Crippen LogP contribution in [0.15, 0.2) is 0 Å². The number of nitriles is 1. The molecule has 2 fully saturated rings. The van der Waals surface area contributed by atoms with Crippen LogP contribution in [-0.2, 0) is 0 Å². The van der Waals surface area contributed by atoms with Gasteiger partial charge in [-0.15, -0.1) is 0 Å². The summed E-state index contributed by atoms with van der Waals surface area (Å²) in [5.41, 5.74) is 0. The van der Waals surface area contributed by atoms with Crippen LogP contribution >= 0.6 is 0 Å². The first-order chi connectivity index (χ1) is 6.35. The first kappa shape index (κ1) is 9.02. The van der Waals surface area contributed by atoms with E-state index in [0.29, 0.717) is 12.0 Å². The molecule has 1 aliphatic heterocycles. The van der Waals surface area contributed by atoms with E-state index in [0.717, 1.165) is 12.3 Å². The van der Waals surface area contributed by atoms with Crippen LogP contribution in [0.2, 0.25) is 0 Å². The molecule has 0 amide bonds. The Bertz CT molecular complexity index is 213. The zero-order valence-electron chi connectivity index (χ0n) is 8.37. The van der Waals surface area contributed by atoms with Gasteiger partial charge in [0, 0.05) is 19.1 Å². The second-order valence-electron chi connectivity index (χ2n) is 4.46. The van der Waals surface area contributed by atoms with Crippen molar-refractivity contribution in [2.45, 2.75) is 38.6 Å². The van der Waals surface area contributed by atoms with E-state index in [9.17, 15) is 0 Å². The largest absolute Gasteiger partial charge is 0.298 e. The Morgan fingerprint density at radius 2 is 2.15 bits per heavy atom. The molecule has 0 aromatic rings. The summed E-state index contributed by atoms with van der Waals surface area (Å²) in [5.74, 6) is 1.25. The standard InChI is InChI=1S/C11H18N2/c1-2-9-7-13(8-9)11-5-3-4-10(11)6-12/h9-11H,2-5,7-8H2,1H3. The van der Waals surface area contributed by atoms with Gasteiger partial charge in [0.05, 0.1) is 12.0 Å². The van der Waals surface area contributed by atoms with Gasteiger partial charge in [0.1, 0.15) is 0 Å². The van der Waals surface area contributed by atoms with Crippen LogP contribution in [0.5, 0.6) is 0 Å². The van der Waals surface area contributed by atoms with Gasteiger partial charge in [-0.25, -0.2) is 0 Å². The van der Waals surface area contributed by atoms with E-state index in [1.807, 2.05) is 0 Å². The molecule has 0 bridgehead atoms. The van der Waals surface area contributed by atoms with Gasteiger partial charge in [0.25, 0.3) is 0 Å². The van der Waals surface area contributed by atoms with Crippen LogP contribution in [0.4, 0.5) is 0 Å². The predicted molar refractivity (Wildman–Crippen MR) is 52.1 cm³/mol. The fourth-order valence-electron chi connectivity index (χ4n) is 2.67. The van der Waals surface area contributed by atoms with Crippen LogP contribution in [0.25, 0.3) is 0 Å². The molecule has 2 rings (SSSR count). The topological polar surface area (TPSA) is 27.0 Å². The molecule has 2 unspecified atom stereocenters. The molecule has 0 N–H and O–H groups in total. The lowest BCUT2D eigenvalue weighted by atomic mass is 9.92. The molecule has 2 heteroatoms. The van der Waals surface area contributed by atoms with Crippen LogP contribution in [0, 0.1) is 23.2 Å². The van der Waals surface area contributed by atoms with Gasteiger partial charge in [-0.1, -0.05) is 19.8 Å². The molecule has 1 saturated carbocycles. The maximum Gasteiger partial charge on any atom is 0.0672 e. The molecule has 0 aromatic carbocycles. The molecular weight excluding hydrogens is 160 g/mol. The summed E-state index contributed by atoms with van der Waals surface area (Å²) in [6.07, 6.45) is 4.96. The van der Waals surface area contributed by atoms with Gasteiger partial charge in [0.2, 0.25) is 0 Å². The highest BCUT2D eigenvalue weighted by Crippen LogP contribution is 2.34. The number of rotatable bonds is 2. The van der Waals surface area contributed by atoms with Crippen molar-refractivity contribution in [1.29, 1.82) is 5.26 Å². The number of likely N-dealkylation sites (tertiary alicyclic amines) is 1. The molecule has 0 aromatic heterocycles. The Balaban J connectivity index is 1.85. The normalized spacial score (nSPS) is 35.7. The smallest absolute Gasteiger partial charge is 0.0672 e. The molecule has 1 saturated heterocycles. The Hall–Kier alpha value is -0.550. The first-order valence-electron chi connectivity index (χ1n) is 5.48. The van der Waals surface area contributed by atoms with Gasteiger partial charge in [-0.2, -0.15) is 5.26 Å². The van der Waals surface area contributed by atoms with Crippen LogP contribution in [0.1, 0.15) is 32.6 Å². The minimum Gasteiger partial charge on any atom is -0.298 e. The monoisotopic (exact) mass is 178 g/mol. The summed E-state index contributed by atoms with van der Waals surface area (Å²) in [6.45, 7) is 4.76. The fourth-order valence-corrected chi connectivity index (χ4v) is 2.67. The van der Waals surface area contributed by atoms with Crippen molar-refractivity contribution < 1.29 is 0 Å². The summed E-state index contributed by atoms with van der Waals surface area (Å²) >= 11 is 0. The molecule has 0 radical (unpaired) electrons. The molecule has 0 spiro atoms. The third kappa shape index (κ3) is 1.58. The average molecular weight is 178 g/mol. The Morgan fingerprint density at radius 1 is 1.38 bits per heavy atom. The molecular formula is C11H18N2. The summed E-state index contributed by atoms with van der Waals surface area (Å²) in [5, 5.41) is 8.95. The Labute approximate surface area is 80.5 Å². The van der Waals surface area contributed by atoms with Gasteiger partial charge < -0.3 is 0 Å². The average Bonchev–Trinajstić information content (AvgIpc) is 2.50. The van der Waals surface area contributed by atoms with Gasteiger partial charge >= 0.3 is 0 Å². The quantitative estimate of drug-likeness (QED) is 0.647. The summed E-state index contributed by atoms with van der Waals surface area (Å²) < 4.78 is 0. The lowest BCUT2D eigenvalue weighted by Crippen LogP contribution is -2.52. The fraction of sp³-hybridized carbons (Fsp3) is 0.909. The molecule has 2 atom stereocenters. The van der Waals surface area contributed by atoms with Crippen LogP contribution < -0.4 is 0 Å². The van der Waals surface area contributed by atoms with Gasteiger partial charge in [-0.05, 0) is 18.8 Å². The van der Waals surface area contributed by atoms with Crippen molar-refractivity contribution >= 4 is 0 Å². The highest BCUT2D eigenvalue weighted by atomic mass is 15.2. The van der Waals surface area contributed by atoms with E-state index in [1.54, 1.807) is 0 Å². The molecule has 72 valence electrons. The maximum atomic E-state index is 8.95. The molecule has 2 aliphatic rings. The highest BCUT2D eigenvalue weighted by molar-refractivity contribution is 5.00. The lowest BCUT2D eigenvalue weighted by molar-refractivity contribution is 0.0424. The van der Waals surface area contributed by atoms with E-state index in [2.05, 4.69) is 17.9 Å². The molecule has 1 aliphatic carbocycles. The summed E-state index contributed by atoms with van der Waals surface area (Å²) in [7, 11) is 0. The van der Waals surface area contributed by atoms with E-state index in [-0.39, 0.29) is 0 Å². The molecule has 2 nitrogen and oxygen atoms in total. The highest BCUT2D eigenvalue weighted by Gasteiger charge is 2.37. The predicted octanol–water partition coefficient (Wildman–Crippen LogP) is 2.02. The minimum atomic E-state index is 0.331.